The fourth-order valence-electron chi connectivity index (χ4n) is 2.11. The van der Waals surface area contributed by atoms with Crippen molar-refractivity contribution in [3.8, 4) is 5.75 Å². The van der Waals surface area contributed by atoms with E-state index >= 15 is 0 Å². The summed E-state index contributed by atoms with van der Waals surface area (Å²) in [6.07, 6.45) is 7.40. The molecule has 0 aromatic heterocycles. The minimum absolute atomic E-state index is 0.191. The van der Waals surface area contributed by atoms with Crippen LogP contribution >= 0.6 is 0 Å². The number of rotatable bonds is 9. The van der Waals surface area contributed by atoms with Gasteiger partial charge in [0.05, 0.1) is 13.0 Å². The summed E-state index contributed by atoms with van der Waals surface area (Å²) >= 11 is 0. The summed E-state index contributed by atoms with van der Waals surface area (Å²) in [5.41, 5.74) is 1.67. The summed E-state index contributed by atoms with van der Waals surface area (Å²) in [6, 6.07) is 5.20. The van der Waals surface area contributed by atoms with Crippen molar-refractivity contribution >= 4 is 5.97 Å². The second kappa shape index (κ2) is 9.40. The molecule has 3 heteroatoms. The highest BCUT2D eigenvalue weighted by molar-refractivity contribution is 5.72. The fourth-order valence-corrected chi connectivity index (χ4v) is 2.11. The van der Waals surface area contributed by atoms with Crippen molar-refractivity contribution in [3.05, 3.63) is 29.3 Å². The Morgan fingerprint density at radius 1 is 1.15 bits per heavy atom. The number of hydrogen-bond acceptors (Lipinski definition) is 3. The zero-order valence-electron chi connectivity index (χ0n) is 12.7. The van der Waals surface area contributed by atoms with E-state index in [0.717, 1.165) is 24.0 Å². The van der Waals surface area contributed by atoms with Crippen molar-refractivity contribution in [1.82, 2.24) is 0 Å². The number of benzene rings is 1. The zero-order chi connectivity index (χ0) is 14.8. The van der Waals surface area contributed by atoms with Crippen LogP contribution in [0.15, 0.2) is 18.2 Å². The molecule has 1 aromatic carbocycles. The molecule has 0 unspecified atom stereocenters. The van der Waals surface area contributed by atoms with E-state index in [4.69, 9.17) is 4.74 Å². The van der Waals surface area contributed by atoms with Crippen LogP contribution in [0, 0.1) is 6.92 Å². The van der Waals surface area contributed by atoms with Crippen LogP contribution in [0.4, 0.5) is 0 Å². The van der Waals surface area contributed by atoms with Crippen molar-refractivity contribution in [1.29, 1.82) is 0 Å². The van der Waals surface area contributed by atoms with Crippen LogP contribution < -0.4 is 0 Å². The average molecular weight is 278 g/mol. The van der Waals surface area contributed by atoms with Crippen LogP contribution in [0.5, 0.6) is 5.75 Å². The standard InChI is InChI=1S/C17H26O3/c1-3-4-5-6-7-8-11-20-17(19)13-15-9-10-16(18)14(2)12-15/h9-10,12,18H,3-8,11,13H2,1-2H3. The van der Waals surface area contributed by atoms with Gasteiger partial charge in [-0.15, -0.1) is 0 Å². The molecule has 1 N–H and O–H groups in total. The Bertz CT molecular complexity index is 413. The predicted octanol–water partition coefficient (Wildman–Crippen LogP) is 4.15. The Balaban J connectivity index is 2.15. The average Bonchev–Trinajstić information content (AvgIpc) is 2.42. The maximum Gasteiger partial charge on any atom is 0.310 e. The molecule has 20 heavy (non-hydrogen) atoms. The lowest BCUT2D eigenvalue weighted by Gasteiger charge is -2.06. The van der Waals surface area contributed by atoms with E-state index in [2.05, 4.69) is 6.92 Å². The summed E-state index contributed by atoms with van der Waals surface area (Å²) in [7, 11) is 0. The van der Waals surface area contributed by atoms with E-state index in [-0.39, 0.29) is 18.1 Å². The van der Waals surface area contributed by atoms with E-state index in [9.17, 15) is 9.90 Å². The first-order valence-electron chi connectivity index (χ1n) is 7.57. The molecule has 0 fully saturated rings. The smallest absolute Gasteiger partial charge is 0.310 e. The molecule has 0 aliphatic rings. The second-order valence-electron chi connectivity index (χ2n) is 5.29. The molecule has 0 atom stereocenters. The van der Waals surface area contributed by atoms with E-state index in [1.165, 1.54) is 25.7 Å². The lowest BCUT2D eigenvalue weighted by molar-refractivity contribution is -0.142. The summed E-state index contributed by atoms with van der Waals surface area (Å²) in [5, 5.41) is 9.42. The second-order valence-corrected chi connectivity index (χ2v) is 5.29. The number of hydrogen-bond donors (Lipinski definition) is 1. The lowest BCUT2D eigenvalue weighted by atomic mass is 10.1. The number of phenolic OH excluding ortho intramolecular Hbond substituents is 1. The minimum Gasteiger partial charge on any atom is -0.508 e. The maximum absolute atomic E-state index is 11.7. The third kappa shape index (κ3) is 6.60. The molecule has 1 rings (SSSR count). The van der Waals surface area contributed by atoms with Crippen LogP contribution in [0.1, 0.15) is 56.6 Å². The van der Waals surface area contributed by atoms with Crippen molar-refractivity contribution in [2.24, 2.45) is 0 Å². The Morgan fingerprint density at radius 3 is 2.55 bits per heavy atom. The van der Waals surface area contributed by atoms with Gasteiger partial charge in [0.1, 0.15) is 5.75 Å². The van der Waals surface area contributed by atoms with Crippen molar-refractivity contribution in [2.45, 2.75) is 58.8 Å². The van der Waals surface area contributed by atoms with E-state index in [1.54, 1.807) is 12.1 Å². The van der Waals surface area contributed by atoms with Crippen LogP contribution in [0.2, 0.25) is 0 Å². The Labute approximate surface area is 122 Å². The molecule has 0 saturated carbocycles. The highest BCUT2D eigenvalue weighted by Gasteiger charge is 2.06. The Hall–Kier alpha value is -1.51. The third-order valence-electron chi connectivity index (χ3n) is 3.37. The number of aryl methyl sites for hydroxylation is 1. The number of unbranched alkanes of at least 4 members (excludes halogenated alkanes) is 5. The molecule has 0 radical (unpaired) electrons. The molecule has 0 spiro atoms. The van der Waals surface area contributed by atoms with E-state index in [1.807, 2.05) is 13.0 Å². The quantitative estimate of drug-likeness (QED) is 0.545. The van der Waals surface area contributed by atoms with Gasteiger partial charge in [-0.1, -0.05) is 51.2 Å². The minimum atomic E-state index is -0.191. The van der Waals surface area contributed by atoms with E-state index < -0.39 is 0 Å². The van der Waals surface area contributed by atoms with Gasteiger partial charge in [0.25, 0.3) is 0 Å². The first kappa shape index (κ1) is 16.5. The normalized spacial score (nSPS) is 10.5. The number of carbonyl (C=O) groups excluding carboxylic acids is 1. The van der Waals surface area contributed by atoms with Gasteiger partial charge in [-0.3, -0.25) is 4.79 Å². The van der Waals surface area contributed by atoms with Crippen molar-refractivity contribution < 1.29 is 14.6 Å². The lowest BCUT2D eigenvalue weighted by Crippen LogP contribution is -2.09. The monoisotopic (exact) mass is 278 g/mol. The first-order valence-corrected chi connectivity index (χ1v) is 7.57. The summed E-state index contributed by atoms with van der Waals surface area (Å²) in [5.74, 6) is 0.0674. The SMILES string of the molecule is CCCCCCCCOC(=O)Cc1ccc(O)c(C)c1. The molecule has 0 amide bonds. The molecule has 3 nitrogen and oxygen atoms in total. The largest absolute Gasteiger partial charge is 0.508 e. The molecule has 1 aromatic rings. The zero-order valence-corrected chi connectivity index (χ0v) is 12.7. The van der Waals surface area contributed by atoms with Crippen LogP contribution in [0.3, 0.4) is 0 Å². The summed E-state index contributed by atoms with van der Waals surface area (Å²) in [6.45, 7) is 4.54. The van der Waals surface area contributed by atoms with Crippen molar-refractivity contribution in [2.75, 3.05) is 6.61 Å². The van der Waals surface area contributed by atoms with Crippen LogP contribution in [0.25, 0.3) is 0 Å². The van der Waals surface area contributed by atoms with Crippen LogP contribution in [-0.4, -0.2) is 17.7 Å². The fraction of sp³-hybridized carbons (Fsp3) is 0.588. The summed E-state index contributed by atoms with van der Waals surface area (Å²) in [4.78, 5) is 11.7. The number of esters is 1. The Morgan fingerprint density at radius 2 is 1.85 bits per heavy atom. The topological polar surface area (TPSA) is 46.5 Å². The van der Waals surface area contributed by atoms with Crippen LogP contribution in [-0.2, 0) is 16.0 Å². The third-order valence-corrected chi connectivity index (χ3v) is 3.37. The van der Waals surface area contributed by atoms with Gasteiger partial charge in [0.2, 0.25) is 0 Å². The van der Waals surface area contributed by atoms with Gasteiger partial charge in [-0.25, -0.2) is 0 Å². The van der Waals surface area contributed by atoms with Gasteiger partial charge >= 0.3 is 5.97 Å². The molecule has 0 aliphatic heterocycles. The number of aromatic hydroxyl groups is 1. The highest BCUT2D eigenvalue weighted by Crippen LogP contribution is 2.17. The van der Waals surface area contributed by atoms with Crippen molar-refractivity contribution in [3.63, 3.8) is 0 Å². The molecule has 112 valence electrons. The number of ether oxygens (including phenoxy) is 1. The highest BCUT2D eigenvalue weighted by atomic mass is 16.5. The van der Waals surface area contributed by atoms with Gasteiger partial charge in [0.15, 0.2) is 0 Å². The molecular formula is C17H26O3. The first-order chi connectivity index (χ1) is 9.63. The Kier molecular flexibility index (Phi) is 7.78. The van der Waals surface area contributed by atoms with Gasteiger partial charge in [-0.2, -0.15) is 0 Å². The van der Waals surface area contributed by atoms with Gasteiger partial charge < -0.3 is 9.84 Å². The number of phenols is 1. The maximum atomic E-state index is 11.7. The summed E-state index contributed by atoms with van der Waals surface area (Å²) < 4.78 is 5.22. The van der Waals surface area contributed by atoms with Gasteiger partial charge in [-0.05, 0) is 30.5 Å². The molecule has 0 aliphatic carbocycles. The predicted molar refractivity (Wildman–Crippen MR) is 80.9 cm³/mol. The van der Waals surface area contributed by atoms with E-state index in [0.29, 0.717) is 6.61 Å². The van der Waals surface area contributed by atoms with Gasteiger partial charge in [0, 0.05) is 0 Å². The number of carbonyl (C=O) groups is 1. The molecule has 0 saturated heterocycles. The molecular weight excluding hydrogens is 252 g/mol. The molecule has 0 heterocycles. The molecule has 0 bridgehead atoms.